The Morgan fingerprint density at radius 2 is 1.78 bits per heavy atom. The highest BCUT2D eigenvalue weighted by Crippen LogP contribution is 2.51. The van der Waals surface area contributed by atoms with Gasteiger partial charge in [-0.2, -0.15) is 0 Å². The number of nitrogens with zero attached hydrogens (tertiary/aromatic N) is 1. The number of methoxy groups -OCH3 is 1. The Hall–Kier alpha value is -4.45. The highest BCUT2D eigenvalue weighted by atomic mass is 16.6. The summed E-state index contributed by atoms with van der Waals surface area (Å²) in [7, 11) is 1.54. The molecule has 0 unspecified atom stereocenters. The van der Waals surface area contributed by atoms with Crippen LogP contribution in [0.5, 0.6) is 11.5 Å². The van der Waals surface area contributed by atoms with Gasteiger partial charge in [0, 0.05) is 41.8 Å². The van der Waals surface area contributed by atoms with Gasteiger partial charge in [0.2, 0.25) is 0 Å². The number of ketones is 1. The second-order valence-corrected chi connectivity index (χ2v) is 9.47. The van der Waals surface area contributed by atoms with E-state index in [0.717, 1.165) is 45.3 Å². The van der Waals surface area contributed by atoms with E-state index in [1.807, 2.05) is 48.5 Å². The zero-order valence-corrected chi connectivity index (χ0v) is 20.7. The van der Waals surface area contributed by atoms with Gasteiger partial charge in [-0.25, -0.2) is 0 Å². The van der Waals surface area contributed by atoms with E-state index >= 15 is 0 Å². The normalized spacial score (nSPS) is 18.6. The van der Waals surface area contributed by atoms with E-state index < -0.39 is 5.97 Å². The molecule has 4 aromatic rings. The second kappa shape index (κ2) is 9.21. The van der Waals surface area contributed by atoms with Crippen molar-refractivity contribution >= 4 is 33.9 Å². The van der Waals surface area contributed by atoms with Crippen molar-refractivity contribution in [1.29, 1.82) is 0 Å². The van der Waals surface area contributed by atoms with Crippen molar-refractivity contribution in [2.24, 2.45) is 0 Å². The molecule has 2 heterocycles. The third kappa shape index (κ3) is 4.04. The Morgan fingerprint density at radius 1 is 0.946 bits per heavy atom. The van der Waals surface area contributed by atoms with Crippen LogP contribution in [-0.4, -0.2) is 23.8 Å². The molecule has 2 aliphatic rings. The summed E-state index contributed by atoms with van der Waals surface area (Å²) >= 11 is 0. The van der Waals surface area contributed by atoms with Crippen LogP contribution in [0.15, 0.2) is 84.6 Å². The molecule has 1 N–H and O–H groups in total. The maximum Gasteiger partial charge on any atom is 0.308 e. The lowest BCUT2D eigenvalue weighted by molar-refractivity contribution is -0.132. The number of carbonyl (C=O) groups is 2. The van der Waals surface area contributed by atoms with Crippen LogP contribution in [0.4, 0.5) is 5.69 Å². The molecule has 0 spiro atoms. The van der Waals surface area contributed by atoms with Crippen molar-refractivity contribution in [3.05, 3.63) is 101 Å². The molecule has 0 radical (unpaired) electrons. The lowest BCUT2D eigenvalue weighted by Gasteiger charge is -2.37. The lowest BCUT2D eigenvalue weighted by atomic mass is 9.72. The monoisotopic (exact) mass is 490 g/mol. The second-order valence-electron chi connectivity index (χ2n) is 9.47. The zero-order valence-electron chi connectivity index (χ0n) is 20.7. The molecule has 1 aliphatic carbocycles. The molecule has 184 valence electrons. The fourth-order valence-corrected chi connectivity index (χ4v) is 5.64. The van der Waals surface area contributed by atoms with Gasteiger partial charge in [0.1, 0.15) is 0 Å². The molecule has 6 rings (SSSR count). The average Bonchev–Trinajstić information content (AvgIpc) is 2.92. The quantitative estimate of drug-likeness (QED) is 0.270. The number of benzene rings is 3. The average molecular weight is 491 g/mol. The van der Waals surface area contributed by atoms with Gasteiger partial charge >= 0.3 is 5.97 Å². The van der Waals surface area contributed by atoms with Gasteiger partial charge < -0.3 is 14.8 Å². The summed E-state index contributed by atoms with van der Waals surface area (Å²) in [5.41, 5.74) is 6.79. The molecular formula is C31H26N2O4. The summed E-state index contributed by atoms with van der Waals surface area (Å²) < 4.78 is 10.8. The van der Waals surface area contributed by atoms with E-state index in [1.54, 1.807) is 12.3 Å². The van der Waals surface area contributed by atoms with Gasteiger partial charge in [-0.3, -0.25) is 14.6 Å². The molecule has 0 fully saturated rings. The minimum absolute atomic E-state index is 0.104. The van der Waals surface area contributed by atoms with Crippen molar-refractivity contribution in [2.75, 3.05) is 12.4 Å². The van der Waals surface area contributed by atoms with E-state index in [0.29, 0.717) is 17.9 Å². The van der Waals surface area contributed by atoms with Crippen LogP contribution >= 0.6 is 0 Å². The van der Waals surface area contributed by atoms with Gasteiger partial charge in [0.15, 0.2) is 17.3 Å². The number of pyridine rings is 1. The van der Waals surface area contributed by atoms with E-state index in [4.69, 9.17) is 9.47 Å². The summed E-state index contributed by atoms with van der Waals surface area (Å²) in [5, 5.41) is 4.66. The summed E-state index contributed by atoms with van der Waals surface area (Å²) in [5.74, 6) is 0.598. The Bertz CT molecular complexity index is 1580. The zero-order chi connectivity index (χ0) is 25.5. The molecule has 0 saturated heterocycles. The van der Waals surface area contributed by atoms with Gasteiger partial charge in [0.05, 0.1) is 18.7 Å². The minimum Gasteiger partial charge on any atom is -0.493 e. The van der Waals surface area contributed by atoms with E-state index in [1.165, 1.54) is 19.6 Å². The molecule has 37 heavy (non-hydrogen) atoms. The number of rotatable bonds is 4. The Labute approximate surface area is 214 Å². The number of hydrogen-bond donors (Lipinski definition) is 1. The van der Waals surface area contributed by atoms with Crippen LogP contribution in [0.2, 0.25) is 0 Å². The molecule has 2 atom stereocenters. The van der Waals surface area contributed by atoms with E-state index in [2.05, 4.69) is 28.5 Å². The predicted octanol–water partition coefficient (Wildman–Crippen LogP) is 6.24. The van der Waals surface area contributed by atoms with Crippen LogP contribution in [-0.2, 0) is 9.59 Å². The highest BCUT2D eigenvalue weighted by Gasteiger charge is 2.38. The summed E-state index contributed by atoms with van der Waals surface area (Å²) in [4.78, 5) is 30.0. The van der Waals surface area contributed by atoms with E-state index in [9.17, 15) is 9.59 Å². The molecule has 0 amide bonds. The number of carbonyl (C=O) groups excluding carboxylic acids is 2. The largest absolute Gasteiger partial charge is 0.493 e. The number of ether oxygens (including phenoxy) is 2. The fourth-order valence-electron chi connectivity index (χ4n) is 5.64. The maximum absolute atomic E-state index is 13.9. The first kappa shape index (κ1) is 23.0. The van der Waals surface area contributed by atoms with Crippen molar-refractivity contribution in [3.63, 3.8) is 0 Å². The molecule has 0 saturated carbocycles. The maximum atomic E-state index is 13.9. The molecule has 0 bridgehead atoms. The first-order valence-electron chi connectivity index (χ1n) is 12.4. The third-order valence-corrected chi connectivity index (χ3v) is 7.23. The first-order chi connectivity index (χ1) is 18.0. The SMILES string of the molecule is COc1cc([C@@H]2Nc3ccc4ncccc4c3C3=C2C(=O)C[C@@H](c2ccccc2)C3)ccc1OC(C)=O. The Morgan fingerprint density at radius 3 is 2.57 bits per heavy atom. The number of allylic oxidation sites excluding steroid dienone is 1. The molecule has 6 heteroatoms. The molecule has 1 aromatic heterocycles. The van der Waals surface area contributed by atoms with Gasteiger partial charge in [-0.1, -0.05) is 42.5 Å². The summed E-state index contributed by atoms with van der Waals surface area (Å²) in [6, 6.07) is 23.4. The fraction of sp³-hybridized carbons (Fsp3) is 0.194. The number of Topliss-reactive ketones (excluding diaryl/α,β-unsaturated/α-hetero) is 1. The topological polar surface area (TPSA) is 77.5 Å². The lowest BCUT2D eigenvalue weighted by Crippen LogP contribution is -2.29. The highest BCUT2D eigenvalue weighted by molar-refractivity contribution is 6.12. The number of aromatic nitrogens is 1. The number of hydrogen-bond acceptors (Lipinski definition) is 6. The number of fused-ring (bicyclic) bond motifs is 4. The number of nitrogens with one attached hydrogen (secondary N) is 1. The predicted molar refractivity (Wildman–Crippen MR) is 143 cm³/mol. The van der Waals surface area contributed by atoms with E-state index in [-0.39, 0.29) is 17.7 Å². The van der Waals surface area contributed by atoms with Crippen LogP contribution in [0.3, 0.4) is 0 Å². The first-order valence-corrected chi connectivity index (χ1v) is 12.4. The molecule has 6 nitrogen and oxygen atoms in total. The molecule has 3 aromatic carbocycles. The van der Waals surface area contributed by atoms with Crippen molar-refractivity contribution in [3.8, 4) is 11.5 Å². The molecular weight excluding hydrogens is 464 g/mol. The summed E-state index contributed by atoms with van der Waals surface area (Å²) in [6.07, 6.45) is 2.99. The van der Waals surface area contributed by atoms with Crippen molar-refractivity contribution in [2.45, 2.75) is 31.7 Å². The smallest absolute Gasteiger partial charge is 0.308 e. The van der Waals surface area contributed by atoms with Crippen LogP contribution < -0.4 is 14.8 Å². The minimum atomic E-state index is -0.421. The van der Waals surface area contributed by atoms with Gasteiger partial charge in [0.25, 0.3) is 0 Å². The van der Waals surface area contributed by atoms with Gasteiger partial charge in [-0.15, -0.1) is 0 Å². The molecule has 1 aliphatic heterocycles. The van der Waals surface area contributed by atoms with Crippen LogP contribution in [0.1, 0.15) is 48.4 Å². The number of esters is 1. The Balaban J connectivity index is 1.53. The Kier molecular flexibility index (Phi) is 5.72. The number of anilines is 1. The van der Waals surface area contributed by atoms with Crippen molar-refractivity contribution < 1.29 is 19.1 Å². The third-order valence-electron chi connectivity index (χ3n) is 7.23. The van der Waals surface area contributed by atoms with Crippen molar-refractivity contribution in [1.82, 2.24) is 4.98 Å². The summed E-state index contributed by atoms with van der Waals surface area (Å²) in [6.45, 7) is 1.35. The van der Waals surface area contributed by atoms with Crippen LogP contribution in [0, 0.1) is 0 Å². The van der Waals surface area contributed by atoms with Crippen LogP contribution in [0.25, 0.3) is 16.5 Å². The van der Waals surface area contributed by atoms with Gasteiger partial charge in [-0.05, 0) is 59.4 Å². The standard InChI is InChI=1S/C31H26N2O4/c1-18(34)37-27-13-10-20(17-28(27)36-2)31-30-23(15-21(16-26(30)35)19-7-4-3-5-8-19)29-22-9-6-14-32-24(22)11-12-25(29)33-31/h3-14,17,21,31,33H,15-16H2,1-2H3/t21-,31-/m0/s1.